The zero-order valence-electron chi connectivity index (χ0n) is 10.4. The highest BCUT2D eigenvalue weighted by Gasteiger charge is 2.31. The Hall–Kier alpha value is -1.02. The van der Waals surface area contributed by atoms with Crippen molar-refractivity contribution >= 4 is 0 Å². The first-order valence-corrected chi connectivity index (χ1v) is 6.02. The third-order valence-electron chi connectivity index (χ3n) is 3.74. The van der Waals surface area contributed by atoms with Crippen LogP contribution >= 0.6 is 0 Å². The van der Waals surface area contributed by atoms with Gasteiger partial charge in [-0.15, -0.1) is 0 Å². The van der Waals surface area contributed by atoms with Crippen molar-refractivity contribution in [3.8, 4) is 5.75 Å². The number of benzene rings is 1. The number of hydrogen-bond acceptors (Lipinski definition) is 2. The molecule has 1 saturated heterocycles. The van der Waals surface area contributed by atoms with Crippen LogP contribution in [0.15, 0.2) is 24.3 Å². The molecule has 2 heteroatoms. The highest BCUT2D eigenvalue weighted by Crippen LogP contribution is 2.33. The van der Waals surface area contributed by atoms with E-state index in [1.165, 1.54) is 18.4 Å². The predicted octanol–water partition coefficient (Wildman–Crippen LogP) is 2.72. The van der Waals surface area contributed by atoms with Gasteiger partial charge in [0.1, 0.15) is 5.75 Å². The molecule has 1 fully saturated rings. The van der Waals surface area contributed by atoms with E-state index in [1.54, 1.807) is 7.11 Å². The van der Waals surface area contributed by atoms with Crippen LogP contribution in [0.4, 0.5) is 0 Å². The van der Waals surface area contributed by atoms with Gasteiger partial charge in [0.15, 0.2) is 0 Å². The number of ether oxygens (including phenoxy) is 1. The number of methoxy groups -OCH3 is 1. The van der Waals surface area contributed by atoms with Gasteiger partial charge < -0.3 is 10.1 Å². The fourth-order valence-corrected chi connectivity index (χ4v) is 2.37. The maximum Gasteiger partial charge on any atom is 0.119 e. The molecular formula is C14H21NO. The van der Waals surface area contributed by atoms with E-state index in [1.807, 2.05) is 6.07 Å². The molecule has 1 aromatic carbocycles. The molecule has 0 radical (unpaired) electrons. The minimum absolute atomic E-state index is 0.251. The summed E-state index contributed by atoms with van der Waals surface area (Å²) in [5.74, 6) is 0.956. The smallest absolute Gasteiger partial charge is 0.119 e. The normalized spacial score (nSPS) is 30.1. The van der Waals surface area contributed by atoms with E-state index < -0.39 is 0 Å². The summed E-state index contributed by atoms with van der Waals surface area (Å²) < 4.78 is 5.29. The van der Waals surface area contributed by atoms with E-state index in [0.29, 0.717) is 6.04 Å². The number of hydrogen-bond donors (Lipinski definition) is 1. The maximum atomic E-state index is 5.29. The Bertz CT molecular complexity index is 354. The highest BCUT2D eigenvalue weighted by molar-refractivity contribution is 5.34. The quantitative estimate of drug-likeness (QED) is 0.825. The molecule has 2 rings (SSSR count). The molecule has 16 heavy (non-hydrogen) atoms. The lowest BCUT2D eigenvalue weighted by Gasteiger charge is -2.37. The minimum Gasteiger partial charge on any atom is -0.497 e. The van der Waals surface area contributed by atoms with Crippen LogP contribution in [-0.2, 0) is 5.41 Å². The first-order valence-electron chi connectivity index (χ1n) is 6.02. The second-order valence-corrected chi connectivity index (χ2v) is 5.11. The lowest BCUT2D eigenvalue weighted by atomic mass is 9.75. The topological polar surface area (TPSA) is 21.3 Å². The van der Waals surface area contributed by atoms with Gasteiger partial charge in [0.2, 0.25) is 0 Å². The second kappa shape index (κ2) is 4.46. The van der Waals surface area contributed by atoms with Gasteiger partial charge in [-0.05, 0) is 37.5 Å². The minimum atomic E-state index is 0.251. The SMILES string of the molecule is COc1cccc([C@]2(C)CC[C@H](C)NC2)c1. The summed E-state index contributed by atoms with van der Waals surface area (Å²) in [6.45, 7) is 5.65. The Labute approximate surface area is 98.0 Å². The van der Waals surface area contributed by atoms with E-state index in [9.17, 15) is 0 Å². The molecule has 2 atom stereocenters. The number of rotatable bonds is 2. The molecule has 1 heterocycles. The van der Waals surface area contributed by atoms with Crippen LogP contribution in [0.1, 0.15) is 32.3 Å². The fraction of sp³-hybridized carbons (Fsp3) is 0.571. The van der Waals surface area contributed by atoms with Gasteiger partial charge in [-0.1, -0.05) is 19.1 Å². The van der Waals surface area contributed by atoms with Gasteiger partial charge >= 0.3 is 0 Å². The second-order valence-electron chi connectivity index (χ2n) is 5.11. The molecular weight excluding hydrogens is 198 g/mol. The van der Waals surface area contributed by atoms with Crippen LogP contribution in [-0.4, -0.2) is 19.7 Å². The summed E-state index contributed by atoms with van der Waals surface area (Å²) in [5.41, 5.74) is 1.63. The Kier molecular flexibility index (Phi) is 3.20. The summed E-state index contributed by atoms with van der Waals surface area (Å²) in [6.07, 6.45) is 2.49. The third-order valence-corrected chi connectivity index (χ3v) is 3.74. The summed E-state index contributed by atoms with van der Waals surface area (Å²) in [7, 11) is 1.72. The molecule has 1 aromatic rings. The largest absolute Gasteiger partial charge is 0.497 e. The molecule has 0 bridgehead atoms. The molecule has 0 saturated carbocycles. The Morgan fingerprint density at radius 2 is 2.25 bits per heavy atom. The lowest BCUT2D eigenvalue weighted by Crippen LogP contribution is -2.45. The standard InChI is InChI=1S/C14H21NO/c1-11-7-8-14(2,10-15-11)12-5-4-6-13(9-12)16-3/h4-6,9,11,15H,7-8,10H2,1-3H3/t11-,14+/m0/s1. The van der Waals surface area contributed by atoms with E-state index in [4.69, 9.17) is 4.74 Å². The van der Waals surface area contributed by atoms with Crippen molar-refractivity contribution in [2.24, 2.45) is 0 Å². The number of nitrogens with one attached hydrogen (secondary N) is 1. The zero-order chi connectivity index (χ0) is 11.6. The average Bonchev–Trinajstić information content (AvgIpc) is 2.33. The maximum absolute atomic E-state index is 5.29. The van der Waals surface area contributed by atoms with Gasteiger partial charge in [0, 0.05) is 18.0 Å². The van der Waals surface area contributed by atoms with Crippen molar-refractivity contribution in [3.05, 3.63) is 29.8 Å². The Morgan fingerprint density at radius 1 is 1.44 bits per heavy atom. The molecule has 1 N–H and O–H groups in total. The summed E-state index contributed by atoms with van der Waals surface area (Å²) in [5, 5.41) is 3.57. The van der Waals surface area contributed by atoms with Gasteiger partial charge in [-0.25, -0.2) is 0 Å². The predicted molar refractivity (Wildman–Crippen MR) is 67.0 cm³/mol. The van der Waals surface area contributed by atoms with Gasteiger partial charge in [0.05, 0.1) is 7.11 Å². The fourth-order valence-electron chi connectivity index (χ4n) is 2.37. The first kappa shape index (κ1) is 11.5. The summed E-state index contributed by atoms with van der Waals surface area (Å²) in [4.78, 5) is 0. The molecule has 0 unspecified atom stereocenters. The highest BCUT2D eigenvalue weighted by atomic mass is 16.5. The van der Waals surface area contributed by atoms with Crippen LogP contribution in [0.3, 0.4) is 0 Å². The van der Waals surface area contributed by atoms with Crippen LogP contribution in [0.5, 0.6) is 5.75 Å². The molecule has 88 valence electrons. The zero-order valence-corrected chi connectivity index (χ0v) is 10.4. The van der Waals surface area contributed by atoms with Crippen molar-refractivity contribution in [1.82, 2.24) is 5.32 Å². The van der Waals surface area contributed by atoms with Gasteiger partial charge in [-0.2, -0.15) is 0 Å². The summed E-state index contributed by atoms with van der Waals surface area (Å²) in [6, 6.07) is 9.11. The molecule has 0 aromatic heterocycles. The summed E-state index contributed by atoms with van der Waals surface area (Å²) >= 11 is 0. The van der Waals surface area contributed by atoms with E-state index >= 15 is 0 Å². The van der Waals surface area contributed by atoms with Crippen LogP contribution < -0.4 is 10.1 Å². The first-order chi connectivity index (χ1) is 7.64. The third kappa shape index (κ3) is 2.22. The van der Waals surface area contributed by atoms with Crippen LogP contribution in [0.2, 0.25) is 0 Å². The van der Waals surface area contributed by atoms with Crippen molar-refractivity contribution in [1.29, 1.82) is 0 Å². The molecule has 1 aliphatic rings. The molecule has 0 aliphatic carbocycles. The molecule has 2 nitrogen and oxygen atoms in total. The molecule has 0 amide bonds. The van der Waals surface area contributed by atoms with Crippen LogP contribution in [0.25, 0.3) is 0 Å². The van der Waals surface area contributed by atoms with E-state index in [-0.39, 0.29) is 5.41 Å². The number of piperidine rings is 1. The lowest BCUT2D eigenvalue weighted by molar-refractivity contribution is 0.291. The van der Waals surface area contributed by atoms with E-state index in [2.05, 4.69) is 37.4 Å². The van der Waals surface area contributed by atoms with Crippen LogP contribution in [0, 0.1) is 0 Å². The molecule has 1 aliphatic heterocycles. The van der Waals surface area contributed by atoms with E-state index in [0.717, 1.165) is 12.3 Å². The monoisotopic (exact) mass is 219 g/mol. The van der Waals surface area contributed by atoms with Crippen molar-refractivity contribution < 1.29 is 4.74 Å². The van der Waals surface area contributed by atoms with Gasteiger partial charge in [0.25, 0.3) is 0 Å². The molecule has 0 spiro atoms. The van der Waals surface area contributed by atoms with Crippen molar-refractivity contribution in [2.75, 3.05) is 13.7 Å². The average molecular weight is 219 g/mol. The van der Waals surface area contributed by atoms with Crippen molar-refractivity contribution in [2.45, 2.75) is 38.1 Å². The Balaban J connectivity index is 2.21. The van der Waals surface area contributed by atoms with Crippen molar-refractivity contribution in [3.63, 3.8) is 0 Å². The Morgan fingerprint density at radius 3 is 2.88 bits per heavy atom. The van der Waals surface area contributed by atoms with Gasteiger partial charge in [-0.3, -0.25) is 0 Å².